The van der Waals surface area contributed by atoms with E-state index in [0.717, 1.165) is 45.1 Å². The highest BCUT2D eigenvalue weighted by molar-refractivity contribution is 5.80. The summed E-state index contributed by atoms with van der Waals surface area (Å²) in [5.74, 6) is 1.63. The number of ether oxygens (including phenoxy) is 2. The lowest BCUT2D eigenvalue weighted by molar-refractivity contribution is -0.0947. The van der Waals surface area contributed by atoms with Crippen LogP contribution in [-0.2, 0) is 4.74 Å². The molecule has 1 N–H and O–H groups in total. The summed E-state index contributed by atoms with van der Waals surface area (Å²) in [7, 11) is 1.85. The molecule has 156 valence electrons. The Morgan fingerprint density at radius 1 is 1.29 bits per heavy atom. The number of nitrogens with zero attached hydrogens (tertiary/aromatic N) is 4. The lowest BCUT2D eigenvalue weighted by Crippen LogP contribution is -2.59. The number of hydrogen-bond donors (Lipinski definition) is 1. The summed E-state index contributed by atoms with van der Waals surface area (Å²) in [6, 6.07) is 5.75. The first-order valence-electron chi connectivity index (χ1n) is 10.3. The minimum Gasteiger partial charge on any atom is -0.472 e. The fraction of sp³-hybridized carbons (Fsp3) is 0.714. The topological polar surface area (TPSA) is 62.2 Å². The Labute approximate surface area is 169 Å². The summed E-state index contributed by atoms with van der Waals surface area (Å²) < 4.78 is 11.9. The van der Waals surface area contributed by atoms with E-state index in [0.29, 0.717) is 5.88 Å². The number of guanidine groups is 1. The van der Waals surface area contributed by atoms with Crippen molar-refractivity contribution < 1.29 is 9.47 Å². The summed E-state index contributed by atoms with van der Waals surface area (Å²) in [5, 5.41) is 3.59. The second-order valence-electron chi connectivity index (χ2n) is 8.52. The van der Waals surface area contributed by atoms with Crippen molar-refractivity contribution in [2.75, 3.05) is 39.8 Å². The Morgan fingerprint density at radius 2 is 2.04 bits per heavy atom. The molecular formula is C21H35N5O2. The molecule has 0 amide bonds. The van der Waals surface area contributed by atoms with Crippen molar-refractivity contribution in [2.24, 2.45) is 4.99 Å². The van der Waals surface area contributed by atoms with Gasteiger partial charge in [0.15, 0.2) is 5.96 Å². The molecule has 0 saturated carbocycles. The molecule has 3 atom stereocenters. The van der Waals surface area contributed by atoms with Crippen molar-refractivity contribution in [1.29, 1.82) is 0 Å². The average molecular weight is 390 g/mol. The van der Waals surface area contributed by atoms with Crippen molar-refractivity contribution in [3.8, 4) is 5.88 Å². The predicted molar refractivity (Wildman–Crippen MR) is 112 cm³/mol. The van der Waals surface area contributed by atoms with Gasteiger partial charge in [0.05, 0.1) is 18.8 Å². The van der Waals surface area contributed by atoms with Crippen LogP contribution in [0.5, 0.6) is 5.88 Å². The van der Waals surface area contributed by atoms with Crippen LogP contribution in [0.2, 0.25) is 0 Å². The number of aliphatic imine (C=N–C) groups is 1. The van der Waals surface area contributed by atoms with Gasteiger partial charge in [-0.25, -0.2) is 4.98 Å². The van der Waals surface area contributed by atoms with E-state index in [1.54, 1.807) is 6.20 Å². The standard InChI is InChI=1S/C21H35N5O2/c1-16-12-26(13-17(2)27-16)21(3,4)15-24-20(22-5)25-11-9-18(14-25)28-19-8-6-7-10-23-19/h6-8,10,16-18H,9,11-15H2,1-5H3,(H,22,24). The molecule has 2 saturated heterocycles. The summed E-state index contributed by atoms with van der Waals surface area (Å²) in [6.07, 6.45) is 3.41. The van der Waals surface area contributed by atoms with E-state index in [1.807, 2.05) is 25.2 Å². The molecule has 0 aromatic carbocycles. The van der Waals surface area contributed by atoms with Crippen LogP contribution < -0.4 is 10.1 Å². The number of nitrogens with one attached hydrogen (secondary N) is 1. The maximum absolute atomic E-state index is 6.01. The van der Waals surface area contributed by atoms with Crippen molar-refractivity contribution in [3.63, 3.8) is 0 Å². The second kappa shape index (κ2) is 9.09. The molecule has 7 heteroatoms. The Hall–Kier alpha value is -1.86. The Bertz CT molecular complexity index is 641. The van der Waals surface area contributed by atoms with Crippen LogP contribution in [0, 0.1) is 0 Å². The van der Waals surface area contributed by atoms with E-state index in [1.165, 1.54) is 0 Å². The summed E-state index contributed by atoms with van der Waals surface area (Å²) in [4.78, 5) is 13.6. The van der Waals surface area contributed by atoms with E-state index in [4.69, 9.17) is 9.47 Å². The van der Waals surface area contributed by atoms with E-state index < -0.39 is 0 Å². The number of likely N-dealkylation sites (tertiary alicyclic amines) is 1. The molecule has 0 bridgehead atoms. The largest absolute Gasteiger partial charge is 0.472 e. The van der Waals surface area contributed by atoms with E-state index >= 15 is 0 Å². The Balaban J connectivity index is 1.51. The quantitative estimate of drug-likeness (QED) is 0.614. The normalized spacial score (nSPS) is 27.1. The molecule has 0 radical (unpaired) electrons. The molecule has 3 heterocycles. The van der Waals surface area contributed by atoms with Crippen LogP contribution >= 0.6 is 0 Å². The second-order valence-corrected chi connectivity index (χ2v) is 8.52. The zero-order valence-corrected chi connectivity index (χ0v) is 17.9. The van der Waals surface area contributed by atoms with Gasteiger partial charge in [-0.3, -0.25) is 9.89 Å². The van der Waals surface area contributed by atoms with E-state index in [2.05, 4.69) is 52.8 Å². The highest BCUT2D eigenvalue weighted by atomic mass is 16.5. The van der Waals surface area contributed by atoms with Crippen LogP contribution in [-0.4, -0.2) is 84.4 Å². The highest BCUT2D eigenvalue weighted by Crippen LogP contribution is 2.21. The molecule has 2 aliphatic rings. The van der Waals surface area contributed by atoms with Gasteiger partial charge in [-0.05, 0) is 33.8 Å². The number of rotatable bonds is 5. The molecule has 7 nitrogen and oxygen atoms in total. The SMILES string of the molecule is CN=C(NCC(C)(C)N1CC(C)OC(C)C1)N1CCC(Oc2ccccn2)C1. The number of aromatic nitrogens is 1. The van der Waals surface area contributed by atoms with E-state index in [-0.39, 0.29) is 23.9 Å². The van der Waals surface area contributed by atoms with Gasteiger partial charge in [0.2, 0.25) is 5.88 Å². The van der Waals surface area contributed by atoms with Crippen molar-refractivity contribution in [3.05, 3.63) is 24.4 Å². The van der Waals surface area contributed by atoms with Gasteiger partial charge >= 0.3 is 0 Å². The van der Waals surface area contributed by atoms with Gasteiger partial charge in [0.1, 0.15) is 6.10 Å². The summed E-state index contributed by atoms with van der Waals surface area (Å²) in [5.41, 5.74) is 0.0197. The number of morpholine rings is 1. The Kier molecular flexibility index (Phi) is 6.78. The summed E-state index contributed by atoms with van der Waals surface area (Å²) >= 11 is 0. The van der Waals surface area contributed by atoms with Crippen molar-refractivity contribution in [2.45, 2.75) is 58.0 Å². The van der Waals surface area contributed by atoms with Crippen LogP contribution in [0.4, 0.5) is 0 Å². The first-order valence-corrected chi connectivity index (χ1v) is 10.3. The summed E-state index contributed by atoms with van der Waals surface area (Å²) in [6.45, 7) is 13.4. The molecular weight excluding hydrogens is 354 g/mol. The number of pyridine rings is 1. The fourth-order valence-corrected chi connectivity index (χ4v) is 4.02. The van der Waals surface area contributed by atoms with Crippen molar-refractivity contribution in [1.82, 2.24) is 20.1 Å². The van der Waals surface area contributed by atoms with Crippen LogP contribution in [0.15, 0.2) is 29.4 Å². The molecule has 3 unspecified atom stereocenters. The van der Waals surface area contributed by atoms with Crippen molar-refractivity contribution >= 4 is 5.96 Å². The maximum atomic E-state index is 6.01. The molecule has 28 heavy (non-hydrogen) atoms. The molecule has 2 aliphatic heterocycles. The zero-order chi connectivity index (χ0) is 20.1. The Morgan fingerprint density at radius 3 is 2.68 bits per heavy atom. The van der Waals surface area contributed by atoms with Gasteiger partial charge in [-0.1, -0.05) is 6.07 Å². The lowest BCUT2D eigenvalue weighted by atomic mass is 10.00. The monoisotopic (exact) mass is 389 g/mol. The van der Waals surface area contributed by atoms with Crippen LogP contribution in [0.3, 0.4) is 0 Å². The van der Waals surface area contributed by atoms with Gasteiger partial charge in [0.25, 0.3) is 0 Å². The molecule has 1 aromatic rings. The van der Waals surface area contributed by atoms with Crippen LogP contribution in [0.25, 0.3) is 0 Å². The van der Waals surface area contributed by atoms with Gasteiger partial charge in [-0.15, -0.1) is 0 Å². The minimum absolute atomic E-state index is 0.0197. The third kappa shape index (κ3) is 5.35. The molecule has 3 rings (SSSR count). The highest BCUT2D eigenvalue weighted by Gasteiger charge is 2.34. The molecule has 1 aromatic heterocycles. The predicted octanol–water partition coefficient (Wildman–Crippen LogP) is 2.00. The first kappa shape index (κ1) is 20.9. The van der Waals surface area contributed by atoms with Gasteiger partial charge in [0, 0.05) is 57.4 Å². The van der Waals surface area contributed by atoms with Gasteiger partial charge < -0.3 is 19.7 Å². The molecule has 0 aliphatic carbocycles. The minimum atomic E-state index is 0.0197. The average Bonchev–Trinajstić information content (AvgIpc) is 3.10. The fourth-order valence-electron chi connectivity index (χ4n) is 4.02. The maximum Gasteiger partial charge on any atom is 0.213 e. The lowest BCUT2D eigenvalue weighted by Gasteiger charge is -2.45. The molecule has 2 fully saturated rings. The van der Waals surface area contributed by atoms with Gasteiger partial charge in [-0.2, -0.15) is 0 Å². The zero-order valence-electron chi connectivity index (χ0n) is 17.9. The smallest absolute Gasteiger partial charge is 0.213 e. The third-order valence-corrected chi connectivity index (χ3v) is 5.54. The number of hydrogen-bond acceptors (Lipinski definition) is 5. The van der Waals surface area contributed by atoms with Crippen LogP contribution in [0.1, 0.15) is 34.1 Å². The third-order valence-electron chi connectivity index (χ3n) is 5.54. The first-order chi connectivity index (χ1) is 13.4. The van der Waals surface area contributed by atoms with E-state index in [9.17, 15) is 0 Å². The molecule has 0 spiro atoms.